The van der Waals surface area contributed by atoms with E-state index >= 15 is 0 Å². The van der Waals surface area contributed by atoms with Gasteiger partial charge in [0.05, 0.1) is 18.5 Å². The standard InChI is InChI=1S/C15H18BrN3O2/c1-3-7-19-10-11(16)8-13(19)15(20)18-12-5-6-14(17-9-12)21-4-2/h5-6,8-10H,3-4,7H2,1-2H3,(H,18,20). The molecule has 0 aromatic carbocycles. The minimum Gasteiger partial charge on any atom is -0.478 e. The molecular formula is C15H18BrN3O2. The molecule has 2 heterocycles. The molecular weight excluding hydrogens is 334 g/mol. The molecule has 0 saturated carbocycles. The fraction of sp³-hybridized carbons (Fsp3) is 0.333. The van der Waals surface area contributed by atoms with Gasteiger partial charge >= 0.3 is 0 Å². The van der Waals surface area contributed by atoms with Crippen molar-refractivity contribution in [2.24, 2.45) is 0 Å². The van der Waals surface area contributed by atoms with Gasteiger partial charge in [0.1, 0.15) is 5.69 Å². The fourth-order valence-electron chi connectivity index (χ4n) is 1.97. The number of carbonyl (C=O) groups is 1. The zero-order valence-corrected chi connectivity index (χ0v) is 13.7. The molecule has 0 bridgehead atoms. The Hall–Kier alpha value is -1.82. The average Bonchev–Trinajstić information content (AvgIpc) is 2.83. The van der Waals surface area contributed by atoms with Crippen molar-refractivity contribution in [3.05, 3.63) is 40.8 Å². The number of aryl methyl sites for hydroxylation is 1. The lowest BCUT2D eigenvalue weighted by Gasteiger charge is -2.09. The monoisotopic (exact) mass is 351 g/mol. The maximum absolute atomic E-state index is 12.3. The second kappa shape index (κ2) is 7.26. The number of nitrogens with one attached hydrogen (secondary N) is 1. The first-order chi connectivity index (χ1) is 10.1. The summed E-state index contributed by atoms with van der Waals surface area (Å²) >= 11 is 3.40. The van der Waals surface area contributed by atoms with Gasteiger partial charge in [-0.05, 0) is 41.4 Å². The first-order valence-corrected chi connectivity index (χ1v) is 7.69. The number of ether oxygens (including phenoxy) is 1. The Bertz CT molecular complexity index is 608. The molecule has 1 N–H and O–H groups in total. The molecule has 21 heavy (non-hydrogen) atoms. The van der Waals surface area contributed by atoms with Gasteiger partial charge in [-0.25, -0.2) is 4.98 Å². The van der Waals surface area contributed by atoms with Gasteiger partial charge in [0.15, 0.2) is 0 Å². The number of halogens is 1. The Labute approximate surface area is 132 Å². The number of pyridine rings is 1. The maximum atomic E-state index is 12.3. The maximum Gasteiger partial charge on any atom is 0.272 e. The predicted molar refractivity (Wildman–Crippen MR) is 85.8 cm³/mol. The molecule has 112 valence electrons. The highest BCUT2D eigenvalue weighted by Gasteiger charge is 2.13. The van der Waals surface area contributed by atoms with Crippen LogP contribution in [0.2, 0.25) is 0 Å². The van der Waals surface area contributed by atoms with Crippen LogP contribution in [0, 0.1) is 0 Å². The number of anilines is 1. The molecule has 0 aliphatic rings. The topological polar surface area (TPSA) is 56.2 Å². The molecule has 2 aromatic heterocycles. The number of amides is 1. The van der Waals surface area contributed by atoms with Crippen molar-refractivity contribution in [2.75, 3.05) is 11.9 Å². The van der Waals surface area contributed by atoms with E-state index in [0.717, 1.165) is 17.4 Å². The summed E-state index contributed by atoms with van der Waals surface area (Å²) in [4.78, 5) is 16.4. The summed E-state index contributed by atoms with van der Waals surface area (Å²) in [5.74, 6) is 0.396. The first kappa shape index (κ1) is 15.6. The van der Waals surface area contributed by atoms with E-state index in [0.29, 0.717) is 23.9 Å². The zero-order valence-electron chi connectivity index (χ0n) is 12.1. The lowest BCUT2D eigenvalue weighted by molar-refractivity contribution is 0.101. The van der Waals surface area contributed by atoms with Gasteiger partial charge < -0.3 is 14.6 Å². The number of hydrogen-bond donors (Lipinski definition) is 1. The third kappa shape index (κ3) is 4.07. The Kier molecular flexibility index (Phi) is 5.38. The molecule has 0 atom stereocenters. The van der Waals surface area contributed by atoms with Gasteiger partial charge in [0.2, 0.25) is 5.88 Å². The number of nitrogens with zero attached hydrogens (tertiary/aromatic N) is 2. The Morgan fingerprint density at radius 2 is 2.24 bits per heavy atom. The highest BCUT2D eigenvalue weighted by molar-refractivity contribution is 9.10. The van der Waals surface area contributed by atoms with Crippen LogP contribution in [0.5, 0.6) is 5.88 Å². The highest BCUT2D eigenvalue weighted by Crippen LogP contribution is 2.18. The summed E-state index contributed by atoms with van der Waals surface area (Å²) in [7, 11) is 0. The molecule has 0 fully saturated rings. The third-order valence-electron chi connectivity index (χ3n) is 2.85. The summed E-state index contributed by atoms with van der Waals surface area (Å²) in [5, 5.41) is 2.84. The molecule has 0 saturated heterocycles. The van der Waals surface area contributed by atoms with E-state index in [1.807, 2.05) is 23.8 Å². The largest absolute Gasteiger partial charge is 0.478 e. The number of carbonyl (C=O) groups excluding carboxylic acids is 1. The van der Waals surface area contributed by atoms with Crippen LogP contribution in [0.1, 0.15) is 30.8 Å². The van der Waals surface area contributed by atoms with E-state index in [1.54, 1.807) is 18.3 Å². The van der Waals surface area contributed by atoms with E-state index in [4.69, 9.17) is 4.74 Å². The Morgan fingerprint density at radius 3 is 2.86 bits per heavy atom. The third-order valence-corrected chi connectivity index (χ3v) is 3.28. The molecule has 0 aliphatic heterocycles. The molecule has 1 amide bonds. The smallest absolute Gasteiger partial charge is 0.272 e. The molecule has 2 rings (SSSR count). The van der Waals surface area contributed by atoms with Crippen molar-refractivity contribution in [1.29, 1.82) is 0 Å². The van der Waals surface area contributed by atoms with Crippen LogP contribution in [0.3, 0.4) is 0 Å². The molecule has 0 aliphatic carbocycles. The molecule has 0 unspecified atom stereocenters. The van der Waals surface area contributed by atoms with Gasteiger partial charge in [-0.15, -0.1) is 0 Å². The van der Waals surface area contributed by atoms with Crippen LogP contribution < -0.4 is 10.1 Å². The lowest BCUT2D eigenvalue weighted by atomic mass is 10.3. The van der Waals surface area contributed by atoms with Crippen molar-refractivity contribution in [3.63, 3.8) is 0 Å². The van der Waals surface area contributed by atoms with Crippen LogP contribution in [0.25, 0.3) is 0 Å². The van der Waals surface area contributed by atoms with E-state index in [1.165, 1.54) is 0 Å². The van der Waals surface area contributed by atoms with E-state index in [9.17, 15) is 4.79 Å². The second-order valence-electron chi connectivity index (χ2n) is 4.51. The zero-order chi connectivity index (χ0) is 15.2. The molecule has 0 spiro atoms. The average molecular weight is 352 g/mol. The van der Waals surface area contributed by atoms with Crippen LogP contribution in [0.15, 0.2) is 35.1 Å². The number of rotatable bonds is 6. The van der Waals surface area contributed by atoms with E-state index in [-0.39, 0.29) is 5.91 Å². The van der Waals surface area contributed by atoms with Crippen molar-refractivity contribution in [1.82, 2.24) is 9.55 Å². The quantitative estimate of drug-likeness (QED) is 0.862. The van der Waals surface area contributed by atoms with Gasteiger partial charge in [-0.1, -0.05) is 6.92 Å². The van der Waals surface area contributed by atoms with E-state index < -0.39 is 0 Å². The predicted octanol–water partition coefficient (Wildman–Crippen LogP) is 3.71. The van der Waals surface area contributed by atoms with Crippen LogP contribution in [-0.2, 0) is 6.54 Å². The second-order valence-corrected chi connectivity index (χ2v) is 5.42. The van der Waals surface area contributed by atoms with Crippen LogP contribution >= 0.6 is 15.9 Å². The summed E-state index contributed by atoms with van der Waals surface area (Å²) in [5.41, 5.74) is 1.27. The molecule has 2 aromatic rings. The molecule has 5 nitrogen and oxygen atoms in total. The SMILES string of the molecule is CCCn1cc(Br)cc1C(=O)Nc1ccc(OCC)nc1. The summed E-state index contributed by atoms with van der Waals surface area (Å²) < 4.78 is 8.10. The fourth-order valence-corrected chi connectivity index (χ4v) is 2.44. The van der Waals surface area contributed by atoms with Crippen molar-refractivity contribution in [3.8, 4) is 5.88 Å². The van der Waals surface area contributed by atoms with Gasteiger partial charge in [-0.3, -0.25) is 4.79 Å². The van der Waals surface area contributed by atoms with Crippen LogP contribution in [0.4, 0.5) is 5.69 Å². The number of hydrogen-bond acceptors (Lipinski definition) is 3. The van der Waals surface area contributed by atoms with Gasteiger partial charge in [-0.2, -0.15) is 0 Å². The summed E-state index contributed by atoms with van der Waals surface area (Å²) in [6.07, 6.45) is 4.46. The van der Waals surface area contributed by atoms with E-state index in [2.05, 4.69) is 33.2 Å². The summed E-state index contributed by atoms with van der Waals surface area (Å²) in [6.45, 7) is 5.34. The Balaban J connectivity index is 2.10. The van der Waals surface area contributed by atoms with Gasteiger partial charge in [0.25, 0.3) is 5.91 Å². The minimum absolute atomic E-state index is 0.153. The Morgan fingerprint density at radius 1 is 1.43 bits per heavy atom. The summed E-state index contributed by atoms with van der Waals surface area (Å²) in [6, 6.07) is 5.32. The number of aromatic nitrogens is 2. The lowest BCUT2D eigenvalue weighted by Crippen LogP contribution is -2.16. The van der Waals surface area contributed by atoms with Gasteiger partial charge in [0, 0.05) is 23.3 Å². The van der Waals surface area contributed by atoms with Crippen LogP contribution in [-0.4, -0.2) is 22.1 Å². The highest BCUT2D eigenvalue weighted by atomic mass is 79.9. The van der Waals surface area contributed by atoms with Crippen molar-refractivity contribution < 1.29 is 9.53 Å². The minimum atomic E-state index is -0.153. The molecule has 0 radical (unpaired) electrons. The molecule has 6 heteroatoms. The first-order valence-electron chi connectivity index (χ1n) is 6.90. The van der Waals surface area contributed by atoms with Crippen molar-refractivity contribution >= 4 is 27.5 Å². The normalized spacial score (nSPS) is 10.4. The van der Waals surface area contributed by atoms with Crippen molar-refractivity contribution in [2.45, 2.75) is 26.8 Å².